The van der Waals surface area contributed by atoms with Gasteiger partial charge < -0.3 is 4.52 Å². The van der Waals surface area contributed by atoms with Crippen molar-refractivity contribution in [3.05, 3.63) is 29.2 Å². The molecule has 3 rings (SSSR count). The second-order valence-electron chi connectivity index (χ2n) is 5.00. The van der Waals surface area contributed by atoms with Crippen LogP contribution in [-0.2, 0) is 11.2 Å². The molecule has 5 nitrogen and oxygen atoms in total. The van der Waals surface area contributed by atoms with E-state index in [1.807, 2.05) is 0 Å². The Kier molecular flexibility index (Phi) is 3.78. The lowest BCUT2D eigenvalue weighted by Crippen LogP contribution is -2.13. The molecule has 0 aromatic carbocycles. The zero-order valence-electron chi connectivity index (χ0n) is 10.9. The molecule has 0 atom stereocenters. The summed E-state index contributed by atoms with van der Waals surface area (Å²) in [5.74, 6) is 1.10. The lowest BCUT2D eigenvalue weighted by atomic mass is 10.0. The summed E-state index contributed by atoms with van der Waals surface area (Å²) in [7, 11) is 0. The highest BCUT2D eigenvalue weighted by atomic mass is 35.5. The SMILES string of the molecule is O=C(Cc1nc(-c2ccc(Cl)cn2)no1)C1CCCC1. The minimum absolute atomic E-state index is 0.166. The number of Topliss-reactive ketones (excluding diaryl/α,β-unsaturated/α-hetero) is 1. The molecule has 104 valence electrons. The maximum Gasteiger partial charge on any atom is 0.234 e. The molecule has 0 unspecified atom stereocenters. The van der Waals surface area contributed by atoms with Gasteiger partial charge in [0.2, 0.25) is 11.7 Å². The van der Waals surface area contributed by atoms with E-state index in [1.54, 1.807) is 12.1 Å². The third-order valence-electron chi connectivity index (χ3n) is 3.56. The molecule has 0 saturated heterocycles. The Bertz CT molecular complexity index is 603. The van der Waals surface area contributed by atoms with Crippen LogP contribution in [-0.4, -0.2) is 20.9 Å². The van der Waals surface area contributed by atoms with Gasteiger partial charge in [0.05, 0.1) is 11.4 Å². The van der Waals surface area contributed by atoms with Crippen LogP contribution < -0.4 is 0 Å². The van der Waals surface area contributed by atoms with Crippen LogP contribution in [0.2, 0.25) is 5.02 Å². The molecule has 1 aliphatic carbocycles. The fourth-order valence-corrected chi connectivity index (χ4v) is 2.59. The molecule has 2 heterocycles. The summed E-state index contributed by atoms with van der Waals surface area (Å²) in [6.07, 6.45) is 5.99. The number of carbonyl (C=O) groups excluding carboxylic acids is 1. The third kappa shape index (κ3) is 2.88. The van der Waals surface area contributed by atoms with Crippen molar-refractivity contribution in [2.45, 2.75) is 32.1 Å². The number of nitrogens with zero attached hydrogens (tertiary/aromatic N) is 3. The molecule has 0 bridgehead atoms. The highest BCUT2D eigenvalue weighted by Gasteiger charge is 2.24. The molecule has 0 spiro atoms. The van der Waals surface area contributed by atoms with Crippen LogP contribution in [0.25, 0.3) is 11.5 Å². The standard InChI is InChI=1S/C14H14ClN3O2/c15-10-5-6-11(16-8-10)14-17-13(20-18-14)7-12(19)9-3-1-2-4-9/h5-6,8-9H,1-4,7H2. The molecule has 1 fully saturated rings. The minimum Gasteiger partial charge on any atom is -0.338 e. The Morgan fingerprint density at radius 3 is 2.85 bits per heavy atom. The van der Waals surface area contributed by atoms with Crippen molar-refractivity contribution in [2.24, 2.45) is 5.92 Å². The number of halogens is 1. The van der Waals surface area contributed by atoms with Gasteiger partial charge in [0, 0.05) is 12.1 Å². The molecule has 1 aliphatic rings. The molecule has 0 radical (unpaired) electrons. The van der Waals surface area contributed by atoms with Crippen LogP contribution in [0.5, 0.6) is 0 Å². The van der Waals surface area contributed by atoms with E-state index >= 15 is 0 Å². The van der Waals surface area contributed by atoms with Crippen molar-refractivity contribution in [3.63, 3.8) is 0 Å². The van der Waals surface area contributed by atoms with Crippen molar-refractivity contribution in [3.8, 4) is 11.5 Å². The second kappa shape index (κ2) is 5.71. The van der Waals surface area contributed by atoms with Gasteiger partial charge in [0.15, 0.2) is 0 Å². The van der Waals surface area contributed by atoms with Gasteiger partial charge in [0.1, 0.15) is 11.5 Å². The molecule has 2 aromatic rings. The van der Waals surface area contributed by atoms with Crippen molar-refractivity contribution in [1.82, 2.24) is 15.1 Å². The van der Waals surface area contributed by atoms with E-state index in [-0.39, 0.29) is 18.1 Å². The molecule has 20 heavy (non-hydrogen) atoms. The van der Waals surface area contributed by atoms with Crippen LogP contribution in [0.4, 0.5) is 0 Å². The largest absolute Gasteiger partial charge is 0.338 e. The number of hydrogen-bond acceptors (Lipinski definition) is 5. The number of hydrogen-bond donors (Lipinski definition) is 0. The maximum atomic E-state index is 12.0. The second-order valence-corrected chi connectivity index (χ2v) is 5.43. The van der Waals surface area contributed by atoms with Crippen molar-refractivity contribution < 1.29 is 9.32 Å². The first-order valence-corrected chi connectivity index (χ1v) is 7.07. The van der Waals surface area contributed by atoms with Crippen molar-refractivity contribution in [1.29, 1.82) is 0 Å². The van der Waals surface area contributed by atoms with E-state index in [1.165, 1.54) is 6.20 Å². The quantitative estimate of drug-likeness (QED) is 0.866. The summed E-state index contributed by atoms with van der Waals surface area (Å²) in [5.41, 5.74) is 0.581. The zero-order valence-corrected chi connectivity index (χ0v) is 11.6. The summed E-state index contributed by atoms with van der Waals surface area (Å²) >= 11 is 5.77. The summed E-state index contributed by atoms with van der Waals surface area (Å²) in [6, 6.07) is 3.43. The lowest BCUT2D eigenvalue weighted by Gasteiger charge is -2.04. The number of rotatable bonds is 4. The molecular formula is C14H14ClN3O2. The van der Waals surface area contributed by atoms with Gasteiger partial charge in [-0.05, 0) is 25.0 Å². The van der Waals surface area contributed by atoms with E-state index in [0.29, 0.717) is 22.4 Å². The van der Waals surface area contributed by atoms with E-state index in [0.717, 1.165) is 25.7 Å². The molecular weight excluding hydrogens is 278 g/mol. The summed E-state index contributed by atoms with van der Waals surface area (Å²) < 4.78 is 5.12. The normalized spacial score (nSPS) is 15.7. The van der Waals surface area contributed by atoms with Gasteiger partial charge in [-0.2, -0.15) is 4.98 Å². The molecule has 6 heteroatoms. The molecule has 0 N–H and O–H groups in total. The molecule has 1 saturated carbocycles. The first kappa shape index (κ1) is 13.2. The lowest BCUT2D eigenvalue weighted by molar-refractivity contribution is -0.122. The highest BCUT2D eigenvalue weighted by Crippen LogP contribution is 2.26. The van der Waals surface area contributed by atoms with Crippen LogP contribution in [0, 0.1) is 5.92 Å². The van der Waals surface area contributed by atoms with Gasteiger partial charge in [0.25, 0.3) is 0 Å². The van der Waals surface area contributed by atoms with E-state index in [9.17, 15) is 4.79 Å². The Hall–Kier alpha value is -1.75. The van der Waals surface area contributed by atoms with Gasteiger partial charge >= 0.3 is 0 Å². The Morgan fingerprint density at radius 1 is 1.35 bits per heavy atom. The number of carbonyl (C=O) groups is 1. The van der Waals surface area contributed by atoms with E-state index in [2.05, 4.69) is 15.1 Å². The predicted molar refractivity (Wildman–Crippen MR) is 73.2 cm³/mol. The number of aromatic nitrogens is 3. The minimum atomic E-state index is 0.166. The van der Waals surface area contributed by atoms with Crippen LogP contribution in [0.1, 0.15) is 31.6 Å². The Labute approximate surface area is 121 Å². The van der Waals surface area contributed by atoms with Gasteiger partial charge in [-0.15, -0.1) is 0 Å². The van der Waals surface area contributed by atoms with Crippen LogP contribution in [0.15, 0.2) is 22.9 Å². The number of ketones is 1. The van der Waals surface area contributed by atoms with Crippen molar-refractivity contribution in [2.75, 3.05) is 0 Å². The average molecular weight is 292 g/mol. The molecule has 0 amide bonds. The summed E-state index contributed by atoms with van der Waals surface area (Å²) in [4.78, 5) is 20.4. The maximum absolute atomic E-state index is 12.0. The predicted octanol–water partition coefficient (Wildman–Crippen LogP) is 3.09. The fraction of sp³-hybridized carbons (Fsp3) is 0.429. The Balaban J connectivity index is 1.70. The molecule has 2 aromatic heterocycles. The highest BCUT2D eigenvalue weighted by molar-refractivity contribution is 6.30. The summed E-state index contributed by atoms with van der Waals surface area (Å²) in [5, 5.41) is 4.40. The van der Waals surface area contributed by atoms with Crippen LogP contribution in [0.3, 0.4) is 0 Å². The fourth-order valence-electron chi connectivity index (χ4n) is 2.48. The number of pyridine rings is 1. The smallest absolute Gasteiger partial charge is 0.234 e. The first-order chi connectivity index (χ1) is 9.72. The zero-order chi connectivity index (χ0) is 13.9. The average Bonchev–Trinajstić information content (AvgIpc) is 3.10. The van der Waals surface area contributed by atoms with E-state index < -0.39 is 0 Å². The topological polar surface area (TPSA) is 68.9 Å². The van der Waals surface area contributed by atoms with Gasteiger partial charge in [-0.25, -0.2) is 0 Å². The molecule has 0 aliphatic heterocycles. The van der Waals surface area contributed by atoms with E-state index in [4.69, 9.17) is 16.1 Å². The van der Waals surface area contributed by atoms with Crippen LogP contribution >= 0.6 is 11.6 Å². The summed E-state index contributed by atoms with van der Waals surface area (Å²) in [6.45, 7) is 0. The van der Waals surface area contributed by atoms with Gasteiger partial charge in [-0.3, -0.25) is 9.78 Å². The monoisotopic (exact) mass is 291 g/mol. The third-order valence-corrected chi connectivity index (χ3v) is 3.78. The Morgan fingerprint density at radius 2 is 2.15 bits per heavy atom. The first-order valence-electron chi connectivity index (χ1n) is 6.69. The van der Waals surface area contributed by atoms with Crippen molar-refractivity contribution >= 4 is 17.4 Å². The van der Waals surface area contributed by atoms with Gasteiger partial charge in [-0.1, -0.05) is 29.6 Å².